The molecule has 0 unspecified atom stereocenters. The van der Waals surface area contributed by atoms with E-state index in [0.29, 0.717) is 0 Å². The van der Waals surface area contributed by atoms with Crippen LogP contribution in [-0.2, 0) is 4.29 Å². The fourth-order valence-corrected chi connectivity index (χ4v) is 0.773. The quantitative estimate of drug-likeness (QED) is 0.533. The van der Waals surface area contributed by atoms with Crippen LogP contribution >= 0.6 is 11.9 Å². The molecule has 0 aliphatic heterocycles. The van der Waals surface area contributed by atoms with E-state index >= 15 is 0 Å². The molecule has 1 aromatic heterocycles. The van der Waals surface area contributed by atoms with Crippen LogP contribution in [0.25, 0.3) is 0 Å². The summed E-state index contributed by atoms with van der Waals surface area (Å²) in [4.78, 5) is 23.8. The highest BCUT2D eigenvalue weighted by Gasteiger charge is 2.12. The summed E-state index contributed by atoms with van der Waals surface area (Å²) in [7, 11) is 0. The molecule has 0 aromatic carbocycles. The van der Waals surface area contributed by atoms with Crippen LogP contribution < -0.4 is 0 Å². The van der Waals surface area contributed by atoms with Gasteiger partial charge in [-0.25, -0.2) is 4.79 Å². The van der Waals surface area contributed by atoms with Gasteiger partial charge < -0.3 is 4.29 Å². The first-order valence-electron chi connectivity index (χ1n) is 3.07. The number of hydrogen-bond donors (Lipinski definition) is 0. The molecule has 6 nitrogen and oxygen atoms in total. The van der Waals surface area contributed by atoms with E-state index in [0.717, 1.165) is 18.5 Å². The van der Waals surface area contributed by atoms with Crippen molar-refractivity contribution in [2.75, 3.05) is 0 Å². The maximum Gasteiger partial charge on any atom is 0.358 e. The number of hydrogen-bond acceptors (Lipinski definition) is 5. The topological polar surface area (TPSA) is 82.3 Å². The summed E-state index contributed by atoms with van der Waals surface area (Å²) < 4.78 is 3.84. The number of nitrogens with zero attached hydrogens (tertiary/aromatic N) is 2. The van der Waals surface area contributed by atoms with E-state index < -0.39 is 10.9 Å². The molecule has 13 heavy (non-hydrogen) atoms. The highest BCUT2D eigenvalue weighted by Crippen LogP contribution is 2.11. The average Bonchev–Trinajstić information content (AvgIpc) is 2.17. The summed E-state index contributed by atoms with van der Waals surface area (Å²) in [6.07, 6.45) is 2.14. The second-order valence-electron chi connectivity index (χ2n) is 2.05. The molecule has 0 N–H and O–H groups in total. The van der Waals surface area contributed by atoms with Crippen LogP contribution in [0.4, 0.5) is 5.69 Å². The van der Waals surface area contributed by atoms with E-state index in [1.54, 1.807) is 0 Å². The van der Waals surface area contributed by atoms with Gasteiger partial charge in [-0.05, 0) is 0 Å². The lowest BCUT2D eigenvalue weighted by molar-refractivity contribution is -0.385. The molecule has 0 bridgehead atoms. The van der Waals surface area contributed by atoms with Gasteiger partial charge in [0.2, 0.25) is 0 Å². The van der Waals surface area contributed by atoms with Gasteiger partial charge in [0.25, 0.3) is 5.69 Å². The first-order valence-corrected chi connectivity index (χ1v) is 3.38. The van der Waals surface area contributed by atoms with Crippen LogP contribution in [-0.4, -0.2) is 15.9 Å². The highest BCUT2D eigenvalue weighted by atomic mass is 35.5. The summed E-state index contributed by atoms with van der Waals surface area (Å²) in [5.41, 5.74) is -0.358. The van der Waals surface area contributed by atoms with Crippen molar-refractivity contribution in [1.29, 1.82) is 0 Å². The minimum atomic E-state index is -0.877. The summed E-state index contributed by atoms with van der Waals surface area (Å²) in [5.74, 6) is -0.877. The Kier molecular flexibility index (Phi) is 2.76. The largest absolute Gasteiger partial charge is 0.358 e. The van der Waals surface area contributed by atoms with Crippen LogP contribution in [0.2, 0.25) is 0 Å². The van der Waals surface area contributed by atoms with Crippen molar-refractivity contribution in [3.63, 3.8) is 0 Å². The van der Waals surface area contributed by atoms with Gasteiger partial charge in [0, 0.05) is 12.3 Å². The van der Waals surface area contributed by atoms with E-state index in [4.69, 9.17) is 11.9 Å². The molecule has 0 saturated carbocycles. The second-order valence-corrected chi connectivity index (χ2v) is 2.21. The third kappa shape index (κ3) is 2.12. The Morgan fingerprint density at radius 1 is 1.62 bits per heavy atom. The van der Waals surface area contributed by atoms with Crippen LogP contribution in [0.3, 0.4) is 0 Å². The monoisotopic (exact) mass is 202 g/mol. The van der Waals surface area contributed by atoms with E-state index in [2.05, 4.69) is 9.27 Å². The van der Waals surface area contributed by atoms with Gasteiger partial charge in [0.15, 0.2) is 0 Å². The van der Waals surface area contributed by atoms with Crippen molar-refractivity contribution in [3.05, 3.63) is 34.1 Å². The molecule has 0 atom stereocenters. The molecule has 0 aliphatic rings. The van der Waals surface area contributed by atoms with E-state index in [1.807, 2.05) is 0 Å². The van der Waals surface area contributed by atoms with E-state index in [1.165, 1.54) is 0 Å². The van der Waals surface area contributed by atoms with Crippen LogP contribution in [0, 0.1) is 10.1 Å². The van der Waals surface area contributed by atoms with Gasteiger partial charge in [0.1, 0.15) is 18.1 Å². The molecular weight excluding hydrogens is 200 g/mol. The number of carbonyl (C=O) groups excluding carboxylic acids is 1. The lowest BCUT2D eigenvalue weighted by Gasteiger charge is -1.94. The Hall–Kier alpha value is -1.69. The number of carbonyl (C=O) groups is 1. The Bertz CT molecular complexity index is 354. The normalized spacial score (nSPS) is 9.31. The Labute approximate surface area is 77.4 Å². The zero-order valence-corrected chi connectivity index (χ0v) is 6.89. The molecule has 0 aliphatic carbocycles. The molecule has 0 radical (unpaired) electrons. The summed E-state index contributed by atoms with van der Waals surface area (Å²) in [6.45, 7) is 0. The van der Waals surface area contributed by atoms with Crippen LogP contribution in [0.1, 0.15) is 10.4 Å². The van der Waals surface area contributed by atoms with Crippen LogP contribution in [0.15, 0.2) is 18.5 Å². The maximum atomic E-state index is 10.8. The lowest BCUT2D eigenvalue weighted by atomic mass is 10.3. The smallest absolute Gasteiger partial charge is 0.343 e. The van der Waals surface area contributed by atoms with Crippen molar-refractivity contribution in [2.45, 2.75) is 0 Å². The highest BCUT2D eigenvalue weighted by molar-refractivity contribution is 6.15. The minimum Gasteiger partial charge on any atom is -0.343 e. The molecular formula is C6H3ClN2O4. The van der Waals surface area contributed by atoms with Crippen molar-refractivity contribution in [3.8, 4) is 0 Å². The molecule has 7 heteroatoms. The third-order valence-electron chi connectivity index (χ3n) is 1.24. The number of rotatable bonds is 2. The molecule has 1 aromatic rings. The zero-order chi connectivity index (χ0) is 9.84. The van der Waals surface area contributed by atoms with Gasteiger partial charge >= 0.3 is 5.97 Å². The fourth-order valence-electron chi connectivity index (χ4n) is 0.684. The Balaban J connectivity index is 3.05. The number of halogens is 1. The third-order valence-corrected chi connectivity index (χ3v) is 1.38. The Morgan fingerprint density at radius 3 is 2.85 bits per heavy atom. The van der Waals surface area contributed by atoms with Gasteiger partial charge in [-0.2, -0.15) is 0 Å². The standard InChI is InChI=1S/C6H3ClN2O4/c7-13-6(10)4-1-5(9(11)12)3-8-2-4/h1-3H. The van der Waals surface area contributed by atoms with Crippen molar-refractivity contribution < 1.29 is 14.0 Å². The zero-order valence-electron chi connectivity index (χ0n) is 6.14. The first kappa shape index (κ1) is 9.40. The summed E-state index contributed by atoms with van der Waals surface area (Å²) >= 11 is 4.77. The van der Waals surface area contributed by atoms with Crippen LogP contribution in [0.5, 0.6) is 0 Å². The lowest BCUT2D eigenvalue weighted by Crippen LogP contribution is -2.00. The van der Waals surface area contributed by atoms with Crippen molar-refractivity contribution >= 4 is 23.5 Å². The molecule has 1 heterocycles. The Morgan fingerprint density at radius 2 is 2.31 bits per heavy atom. The summed E-state index contributed by atoms with van der Waals surface area (Å²) in [6, 6.07) is 1.03. The molecule has 0 fully saturated rings. The number of nitro groups is 1. The van der Waals surface area contributed by atoms with Crippen molar-refractivity contribution in [1.82, 2.24) is 4.98 Å². The SMILES string of the molecule is O=C(OCl)c1cncc([N+](=O)[O-])c1. The minimum absolute atomic E-state index is 0.0656. The second kappa shape index (κ2) is 3.81. The molecule has 0 spiro atoms. The van der Waals surface area contributed by atoms with Gasteiger partial charge in [-0.1, -0.05) is 0 Å². The van der Waals surface area contributed by atoms with Gasteiger partial charge in [-0.15, -0.1) is 0 Å². The molecule has 0 saturated heterocycles. The van der Waals surface area contributed by atoms with Crippen molar-refractivity contribution in [2.24, 2.45) is 0 Å². The summed E-state index contributed by atoms with van der Waals surface area (Å²) in [5, 5.41) is 10.2. The molecule has 68 valence electrons. The maximum absolute atomic E-state index is 10.8. The molecule has 1 rings (SSSR count). The van der Waals surface area contributed by atoms with E-state index in [-0.39, 0.29) is 11.3 Å². The number of aromatic nitrogens is 1. The van der Waals surface area contributed by atoms with Gasteiger partial charge in [0.05, 0.1) is 10.5 Å². The van der Waals surface area contributed by atoms with Gasteiger partial charge in [-0.3, -0.25) is 15.1 Å². The predicted octanol–water partition coefficient (Wildman–Crippen LogP) is 1.30. The first-order chi connectivity index (χ1) is 6.15. The van der Waals surface area contributed by atoms with E-state index in [9.17, 15) is 14.9 Å². The molecule has 0 amide bonds. The average molecular weight is 203 g/mol. The predicted molar refractivity (Wildman–Crippen MR) is 42.2 cm³/mol. The fraction of sp³-hybridized carbons (Fsp3) is 0. The number of pyridine rings is 1.